The highest BCUT2D eigenvalue weighted by atomic mass is 16.5. The Kier molecular flexibility index (Phi) is 6.45. The van der Waals surface area contributed by atoms with Crippen LogP contribution in [0.5, 0.6) is 11.5 Å². The monoisotopic (exact) mass is 400 g/mol. The van der Waals surface area contributed by atoms with Gasteiger partial charge in [-0.3, -0.25) is 0 Å². The highest BCUT2D eigenvalue weighted by Gasteiger charge is 2.06. The predicted molar refractivity (Wildman–Crippen MR) is 116 cm³/mol. The smallest absolute Gasteiger partial charge is 0.338 e. The summed E-state index contributed by atoms with van der Waals surface area (Å²) in [5.74, 6) is 0.0917. The van der Waals surface area contributed by atoms with E-state index >= 15 is 0 Å². The van der Waals surface area contributed by atoms with Crippen molar-refractivity contribution in [2.24, 2.45) is 0 Å². The van der Waals surface area contributed by atoms with E-state index in [9.17, 15) is 9.59 Å². The number of fused-ring (bicyclic) bond motifs is 1. The van der Waals surface area contributed by atoms with Gasteiger partial charge in [0.2, 0.25) is 0 Å². The number of hydrogen-bond donors (Lipinski definition) is 0. The Morgan fingerprint density at radius 1 is 0.833 bits per heavy atom. The van der Waals surface area contributed by atoms with Gasteiger partial charge in [0.25, 0.3) is 0 Å². The molecule has 150 valence electrons. The normalized spacial score (nSPS) is 10.6. The van der Waals surface area contributed by atoms with Crippen LogP contribution in [0.2, 0.25) is 0 Å². The molecule has 0 aliphatic heterocycles. The molecule has 0 fully saturated rings. The molecule has 0 amide bonds. The van der Waals surface area contributed by atoms with Crippen molar-refractivity contribution in [3.8, 4) is 22.6 Å². The molecule has 0 aliphatic rings. The number of rotatable bonds is 7. The number of hydrogen-bond acceptors (Lipinski definition) is 5. The van der Waals surface area contributed by atoms with Crippen molar-refractivity contribution >= 4 is 22.7 Å². The van der Waals surface area contributed by atoms with E-state index in [1.807, 2.05) is 42.5 Å². The Hall–Kier alpha value is -4.12. The molecule has 0 spiro atoms. The van der Waals surface area contributed by atoms with Crippen molar-refractivity contribution in [1.29, 1.82) is 0 Å². The van der Waals surface area contributed by atoms with Crippen LogP contribution in [0.25, 0.3) is 21.9 Å². The van der Waals surface area contributed by atoms with Gasteiger partial charge >= 0.3 is 11.9 Å². The van der Waals surface area contributed by atoms with Crippen molar-refractivity contribution < 1.29 is 23.8 Å². The van der Waals surface area contributed by atoms with E-state index in [1.54, 1.807) is 19.1 Å². The molecule has 3 rings (SSSR count). The quantitative estimate of drug-likeness (QED) is 0.225. The van der Waals surface area contributed by atoms with Gasteiger partial charge in [0, 0.05) is 11.6 Å². The van der Waals surface area contributed by atoms with Crippen LogP contribution in [0.3, 0.4) is 0 Å². The van der Waals surface area contributed by atoms with E-state index in [2.05, 4.69) is 19.2 Å². The third-order valence-corrected chi connectivity index (χ3v) is 4.17. The van der Waals surface area contributed by atoms with E-state index in [0.717, 1.165) is 34.2 Å². The first-order chi connectivity index (χ1) is 14.5. The molecule has 3 aromatic carbocycles. The van der Waals surface area contributed by atoms with Crippen molar-refractivity contribution in [2.75, 3.05) is 0 Å². The van der Waals surface area contributed by atoms with Crippen molar-refractivity contribution in [3.63, 3.8) is 0 Å². The average molecular weight is 400 g/mol. The minimum absolute atomic E-state index is 0.352. The molecule has 0 aromatic heterocycles. The Labute approximate surface area is 174 Å². The second-order valence-corrected chi connectivity index (χ2v) is 6.45. The topological polar surface area (TPSA) is 61.8 Å². The fourth-order valence-electron chi connectivity index (χ4n) is 2.64. The third-order valence-electron chi connectivity index (χ3n) is 4.17. The number of carbonyl (C=O) groups excluding carboxylic acids is 2. The van der Waals surface area contributed by atoms with Crippen molar-refractivity contribution in [1.82, 2.24) is 0 Å². The van der Waals surface area contributed by atoms with Gasteiger partial charge in [0.1, 0.15) is 24.0 Å². The first kappa shape index (κ1) is 20.6. The molecule has 0 aliphatic carbocycles. The first-order valence-electron chi connectivity index (χ1n) is 9.13. The number of esters is 2. The Bertz CT molecular complexity index is 1140. The molecule has 0 atom stereocenters. The molecule has 0 bridgehead atoms. The molecular weight excluding hydrogens is 380 g/mol. The molecule has 5 heteroatoms. The van der Waals surface area contributed by atoms with E-state index in [-0.39, 0.29) is 0 Å². The van der Waals surface area contributed by atoms with Gasteiger partial charge in [-0.1, -0.05) is 43.5 Å². The Morgan fingerprint density at radius 2 is 1.47 bits per heavy atom. The largest absolute Gasteiger partial charge is 0.462 e. The van der Waals surface area contributed by atoms with E-state index in [0.29, 0.717) is 17.1 Å². The van der Waals surface area contributed by atoms with E-state index in [1.165, 1.54) is 6.26 Å². The summed E-state index contributed by atoms with van der Waals surface area (Å²) in [4.78, 5) is 22.6. The van der Waals surface area contributed by atoms with E-state index < -0.39 is 11.9 Å². The summed E-state index contributed by atoms with van der Waals surface area (Å²) in [5, 5.41) is 2.04. The van der Waals surface area contributed by atoms with Crippen LogP contribution in [0, 0.1) is 0 Å². The summed E-state index contributed by atoms with van der Waals surface area (Å²) in [6.45, 7) is 8.49. The molecule has 0 saturated carbocycles. The predicted octanol–water partition coefficient (Wildman–Crippen LogP) is 5.57. The first-order valence-corrected chi connectivity index (χ1v) is 9.13. The summed E-state index contributed by atoms with van der Waals surface area (Å²) in [6.07, 6.45) is 3.52. The molecule has 0 unspecified atom stereocenters. The summed E-state index contributed by atoms with van der Waals surface area (Å²) >= 11 is 0. The van der Waals surface area contributed by atoms with Crippen LogP contribution < -0.4 is 9.47 Å². The average Bonchev–Trinajstić information content (AvgIpc) is 2.76. The Balaban J connectivity index is 1.72. The van der Waals surface area contributed by atoms with Gasteiger partial charge in [-0.05, 0) is 59.2 Å². The van der Waals surface area contributed by atoms with Crippen LogP contribution in [0.1, 0.15) is 6.92 Å². The van der Waals surface area contributed by atoms with E-state index in [4.69, 9.17) is 14.2 Å². The zero-order chi connectivity index (χ0) is 21.5. The number of benzene rings is 3. The maximum absolute atomic E-state index is 11.6. The lowest BCUT2D eigenvalue weighted by molar-refractivity contribution is -0.132. The maximum atomic E-state index is 11.6. The fourth-order valence-corrected chi connectivity index (χ4v) is 2.64. The van der Waals surface area contributed by atoms with Crippen LogP contribution in [0.4, 0.5) is 0 Å². The highest BCUT2D eigenvalue weighted by Crippen LogP contribution is 2.28. The molecule has 3 aromatic rings. The van der Waals surface area contributed by atoms with Crippen LogP contribution in [0.15, 0.2) is 98.0 Å². The number of carbonyl (C=O) groups is 2. The van der Waals surface area contributed by atoms with Crippen molar-refractivity contribution in [2.45, 2.75) is 6.92 Å². The molecule has 30 heavy (non-hydrogen) atoms. The lowest BCUT2D eigenvalue weighted by Gasteiger charge is -2.08. The van der Waals surface area contributed by atoms with Gasteiger partial charge in [-0.25, -0.2) is 9.59 Å². The van der Waals surface area contributed by atoms with Crippen LogP contribution in [-0.4, -0.2) is 11.9 Å². The summed E-state index contributed by atoms with van der Waals surface area (Å²) in [5.41, 5.74) is 2.38. The zero-order valence-corrected chi connectivity index (χ0v) is 16.5. The van der Waals surface area contributed by atoms with Crippen LogP contribution >= 0.6 is 0 Å². The molecular formula is C25H20O5. The van der Waals surface area contributed by atoms with Gasteiger partial charge < -0.3 is 14.2 Å². The zero-order valence-electron chi connectivity index (χ0n) is 16.5. The minimum Gasteiger partial charge on any atom is -0.462 e. The minimum atomic E-state index is -0.553. The molecule has 5 nitrogen and oxygen atoms in total. The molecule has 0 heterocycles. The fraction of sp³-hybridized carbons (Fsp3) is 0.0400. The van der Waals surface area contributed by atoms with Gasteiger partial charge in [-0.2, -0.15) is 0 Å². The third kappa shape index (κ3) is 5.23. The molecule has 0 saturated heterocycles. The SMILES string of the molecule is C=CC(=O)O/C=C\Oc1ccc2cc(-c3ccc(OC(=O)C(=C)C)cc3)ccc2c1. The highest BCUT2D eigenvalue weighted by molar-refractivity contribution is 5.89. The second kappa shape index (κ2) is 9.39. The molecule has 0 radical (unpaired) electrons. The van der Waals surface area contributed by atoms with Gasteiger partial charge in [-0.15, -0.1) is 0 Å². The van der Waals surface area contributed by atoms with Gasteiger partial charge in [0.05, 0.1) is 0 Å². The summed E-state index contributed by atoms with van der Waals surface area (Å²) in [7, 11) is 0. The lowest BCUT2D eigenvalue weighted by atomic mass is 10.0. The lowest BCUT2D eigenvalue weighted by Crippen LogP contribution is -2.07. The maximum Gasteiger partial charge on any atom is 0.338 e. The van der Waals surface area contributed by atoms with Crippen molar-refractivity contribution in [3.05, 3.63) is 98.0 Å². The standard InChI is InChI=1S/C25H20O5/c1-4-24(26)29-14-13-28-23-12-9-20-15-19(5-6-21(20)16-23)18-7-10-22(11-8-18)30-25(27)17(2)3/h4-16H,1-2H2,3H3/b14-13-. The summed E-state index contributed by atoms with van der Waals surface area (Å²) in [6, 6.07) is 19.0. The second-order valence-electron chi connectivity index (χ2n) is 6.45. The Morgan fingerprint density at radius 3 is 2.17 bits per heavy atom. The van der Waals surface area contributed by atoms with Crippen LogP contribution in [-0.2, 0) is 14.3 Å². The summed E-state index contributed by atoms with van der Waals surface area (Å²) < 4.78 is 15.4. The molecule has 0 N–H and O–H groups in total. The number of ether oxygens (including phenoxy) is 3. The van der Waals surface area contributed by atoms with Gasteiger partial charge in [0.15, 0.2) is 0 Å².